The minimum absolute atomic E-state index is 0.591. The van der Waals surface area contributed by atoms with Gasteiger partial charge in [-0.05, 0) is 0 Å². The van der Waals surface area contributed by atoms with Crippen LogP contribution in [0.3, 0.4) is 0 Å². The molecule has 19 nitrogen and oxygen atoms in total. The van der Waals surface area contributed by atoms with E-state index in [0.717, 1.165) is 41.5 Å². The third-order valence-corrected chi connectivity index (χ3v) is 7.07. The predicted octanol–water partition coefficient (Wildman–Crippen LogP) is 0.443. The number of carbonyl (C=O) groups excluding carboxylic acids is 8. The Hall–Kier alpha value is -4.36. The van der Waals surface area contributed by atoms with Crippen LogP contribution in [0.15, 0.2) is 0 Å². The quantitative estimate of drug-likeness (QED) is 0.164. The largest absolute Gasteiger partial charge is 0.463 e. The van der Waals surface area contributed by atoms with E-state index in [1.807, 2.05) is 0 Å². The number of rotatable bonds is 15. The van der Waals surface area contributed by atoms with Crippen LogP contribution in [-0.2, 0) is 90.5 Å². The highest BCUT2D eigenvalue weighted by atomic mass is 16.8. The molecule has 19 heteroatoms. The van der Waals surface area contributed by atoms with Crippen LogP contribution in [0.2, 0.25) is 0 Å². The zero-order valence-corrected chi connectivity index (χ0v) is 30.2. The molecule has 0 radical (unpaired) electrons. The molecule has 9 atom stereocenters. The van der Waals surface area contributed by atoms with Crippen molar-refractivity contribution < 1.29 is 90.5 Å². The molecule has 0 aromatic rings. The Bertz CT molecular complexity index is 1310. The lowest BCUT2D eigenvalue weighted by Crippen LogP contribution is -2.66. The van der Waals surface area contributed by atoms with Crippen molar-refractivity contribution in [1.82, 2.24) is 0 Å². The van der Waals surface area contributed by atoms with E-state index in [9.17, 15) is 38.4 Å². The first-order valence-corrected chi connectivity index (χ1v) is 16.0. The van der Waals surface area contributed by atoms with Gasteiger partial charge in [0.15, 0.2) is 30.5 Å². The highest BCUT2D eigenvalue weighted by Gasteiger charge is 2.65. The van der Waals surface area contributed by atoms with E-state index >= 15 is 0 Å². The van der Waals surface area contributed by atoms with Crippen molar-refractivity contribution in [3.8, 4) is 0 Å². The second-order valence-corrected chi connectivity index (χ2v) is 12.3. The maximum atomic E-state index is 12.9. The van der Waals surface area contributed by atoms with Crippen molar-refractivity contribution in [3.63, 3.8) is 0 Å². The topological polar surface area (TPSA) is 238 Å². The van der Waals surface area contributed by atoms with Crippen LogP contribution in [0.25, 0.3) is 0 Å². The molecule has 2 rings (SSSR count). The van der Waals surface area contributed by atoms with E-state index in [4.69, 9.17) is 52.1 Å². The zero-order chi connectivity index (χ0) is 38.8. The van der Waals surface area contributed by atoms with E-state index in [1.54, 1.807) is 13.8 Å². The normalized spacial score (nSPS) is 28.6. The lowest BCUT2D eigenvalue weighted by molar-refractivity contribution is -0.384. The maximum Gasteiger partial charge on any atom is 0.308 e. The summed E-state index contributed by atoms with van der Waals surface area (Å²) in [4.78, 5) is 98.8. The molecule has 2 aliphatic heterocycles. The van der Waals surface area contributed by atoms with Crippen LogP contribution in [0, 0.1) is 11.8 Å². The molecule has 288 valence electrons. The second-order valence-electron chi connectivity index (χ2n) is 12.3. The molecule has 2 fully saturated rings. The van der Waals surface area contributed by atoms with Gasteiger partial charge in [-0.1, -0.05) is 27.7 Å². The molecular weight excluding hydrogens is 688 g/mol. The van der Waals surface area contributed by atoms with Crippen LogP contribution < -0.4 is 0 Å². The van der Waals surface area contributed by atoms with E-state index < -0.39 is 134 Å². The van der Waals surface area contributed by atoms with Gasteiger partial charge in [0.2, 0.25) is 12.1 Å². The third-order valence-electron chi connectivity index (χ3n) is 7.07. The summed E-state index contributed by atoms with van der Waals surface area (Å²) in [6.45, 7) is 10.2. The second kappa shape index (κ2) is 18.8. The molecule has 0 aliphatic carbocycles. The summed E-state index contributed by atoms with van der Waals surface area (Å²) in [7, 11) is 0. The average Bonchev–Trinajstić information content (AvgIpc) is 3.26. The lowest BCUT2D eigenvalue weighted by atomic mass is 9.97. The van der Waals surface area contributed by atoms with Gasteiger partial charge in [-0.25, -0.2) is 0 Å². The van der Waals surface area contributed by atoms with Gasteiger partial charge >= 0.3 is 47.8 Å². The summed E-state index contributed by atoms with van der Waals surface area (Å²) in [6.07, 6.45) is -13.3. The Morgan fingerprint density at radius 2 is 1.02 bits per heavy atom. The summed E-state index contributed by atoms with van der Waals surface area (Å²) in [5, 5.41) is 0. The fourth-order valence-corrected chi connectivity index (χ4v) is 4.97. The number of esters is 8. The maximum absolute atomic E-state index is 12.9. The molecule has 0 spiro atoms. The molecule has 2 aliphatic rings. The summed E-state index contributed by atoms with van der Waals surface area (Å²) < 4.78 is 61.8. The van der Waals surface area contributed by atoms with Crippen molar-refractivity contribution in [3.05, 3.63) is 0 Å². The molecule has 0 unspecified atom stereocenters. The van der Waals surface area contributed by atoms with Gasteiger partial charge in [0, 0.05) is 41.5 Å². The molecule has 0 aromatic heterocycles. The van der Waals surface area contributed by atoms with Crippen molar-refractivity contribution >= 4 is 47.8 Å². The van der Waals surface area contributed by atoms with E-state index in [1.165, 1.54) is 13.8 Å². The molecule has 0 saturated carbocycles. The number of hydrogen-bond donors (Lipinski definition) is 0. The van der Waals surface area contributed by atoms with Gasteiger partial charge in [0.05, 0.1) is 11.8 Å². The first-order valence-electron chi connectivity index (χ1n) is 16.0. The minimum Gasteiger partial charge on any atom is -0.463 e. The monoisotopic (exact) mass is 734 g/mol. The van der Waals surface area contributed by atoms with Gasteiger partial charge in [-0.15, -0.1) is 0 Å². The summed E-state index contributed by atoms with van der Waals surface area (Å²) in [5.41, 5.74) is 0. The summed E-state index contributed by atoms with van der Waals surface area (Å²) >= 11 is 0. The fraction of sp³-hybridized carbons (Fsp3) is 0.750. The van der Waals surface area contributed by atoms with Crippen molar-refractivity contribution in [2.45, 2.75) is 124 Å². The van der Waals surface area contributed by atoms with Gasteiger partial charge in [-0.2, -0.15) is 0 Å². The fourth-order valence-electron chi connectivity index (χ4n) is 4.97. The Morgan fingerprint density at radius 3 is 1.51 bits per heavy atom. The van der Waals surface area contributed by atoms with Crippen molar-refractivity contribution in [2.24, 2.45) is 11.8 Å². The smallest absolute Gasteiger partial charge is 0.308 e. The average molecular weight is 735 g/mol. The number of hydrogen-bond acceptors (Lipinski definition) is 19. The Balaban J connectivity index is 2.83. The first kappa shape index (κ1) is 42.8. The van der Waals surface area contributed by atoms with E-state index in [-0.39, 0.29) is 0 Å². The molecule has 0 bridgehead atoms. The summed E-state index contributed by atoms with van der Waals surface area (Å²) in [6, 6.07) is 0. The van der Waals surface area contributed by atoms with Crippen molar-refractivity contribution in [1.29, 1.82) is 0 Å². The lowest BCUT2D eigenvalue weighted by Gasteiger charge is -2.46. The molecule has 0 aromatic carbocycles. The molecular formula is C32H46O19. The predicted molar refractivity (Wildman–Crippen MR) is 163 cm³/mol. The highest BCUT2D eigenvalue weighted by molar-refractivity contribution is 5.73. The van der Waals surface area contributed by atoms with Crippen LogP contribution >= 0.6 is 0 Å². The Labute approximate surface area is 294 Å². The van der Waals surface area contributed by atoms with Crippen molar-refractivity contribution in [2.75, 3.05) is 19.8 Å². The Kier molecular flexibility index (Phi) is 15.7. The Morgan fingerprint density at radius 1 is 0.529 bits per heavy atom. The number of carbonyl (C=O) groups is 8. The molecule has 51 heavy (non-hydrogen) atoms. The van der Waals surface area contributed by atoms with E-state index in [2.05, 4.69) is 0 Å². The van der Waals surface area contributed by atoms with Gasteiger partial charge < -0.3 is 52.1 Å². The molecule has 0 N–H and O–H groups in total. The first-order chi connectivity index (χ1) is 23.7. The molecule has 2 heterocycles. The van der Waals surface area contributed by atoms with Gasteiger partial charge in [-0.3, -0.25) is 38.4 Å². The van der Waals surface area contributed by atoms with Crippen LogP contribution in [0.5, 0.6) is 0 Å². The third kappa shape index (κ3) is 12.4. The molecule has 2 saturated heterocycles. The van der Waals surface area contributed by atoms with Crippen LogP contribution in [-0.4, -0.2) is 122 Å². The zero-order valence-electron chi connectivity index (χ0n) is 30.2. The van der Waals surface area contributed by atoms with Crippen LogP contribution in [0.1, 0.15) is 69.2 Å². The highest BCUT2D eigenvalue weighted by Crippen LogP contribution is 2.41. The minimum atomic E-state index is -2.49. The molecule has 0 amide bonds. The van der Waals surface area contributed by atoms with Crippen LogP contribution in [0.4, 0.5) is 0 Å². The number of ether oxygens (including phenoxy) is 11. The SMILES string of the molecule is CC(=O)OC[C@H]1O[C@@](COC(C)=O)(O[C@H]2O[C@H](COC(=O)C(C)C)[C@@H](OC(=O)C(C)C)[C@H](OC(C)=O)[C@H]2OC(C)=O)[C@@H](OC(C)=O)[C@@H]1OC(C)=O. The standard InChI is InChI=1S/C32H46O19/c1-14(2)29(39)42-11-22-24(49-30(40)15(3)4)26(45-19(8)36)27(46-20(9)37)31(48-22)51-32(13-43-17(6)34)28(47-21(10)38)25(44-18(7)35)23(50-32)12-41-16(5)33/h14-15,22-28,31H,11-13H2,1-10H3/t22-,23-,24-,25-,26+,27-,28+,31-,32+/m1/s1. The summed E-state index contributed by atoms with van der Waals surface area (Å²) in [5.74, 6) is -10.7. The van der Waals surface area contributed by atoms with Gasteiger partial charge in [0.25, 0.3) is 0 Å². The van der Waals surface area contributed by atoms with Gasteiger partial charge in [0.1, 0.15) is 32.0 Å². The van der Waals surface area contributed by atoms with E-state index in [0.29, 0.717) is 0 Å².